The maximum Gasteiger partial charge on any atom is 0.341 e. The fourth-order valence-corrected chi connectivity index (χ4v) is 3.63. The van der Waals surface area contributed by atoms with Crippen molar-refractivity contribution in [2.45, 2.75) is 38.5 Å². The predicted octanol–water partition coefficient (Wildman–Crippen LogP) is 5.85. The number of carbonyl (C=O) groups excluding carboxylic acids is 1. The van der Waals surface area contributed by atoms with Crippen LogP contribution in [0.25, 0.3) is 10.8 Å². The molecule has 3 nitrogen and oxygen atoms in total. The van der Waals surface area contributed by atoms with Gasteiger partial charge in [-0.25, -0.2) is 4.79 Å². The Kier molecular flexibility index (Phi) is 6.12. The van der Waals surface area contributed by atoms with E-state index in [1.807, 2.05) is 6.07 Å². The van der Waals surface area contributed by atoms with Crippen molar-refractivity contribution in [2.75, 3.05) is 7.11 Å². The van der Waals surface area contributed by atoms with Gasteiger partial charge in [0.15, 0.2) is 0 Å². The smallest absolute Gasteiger partial charge is 0.341 e. The number of unbranched alkanes of at least 4 members (excludes halogenated alkanes) is 1. The van der Waals surface area contributed by atoms with Gasteiger partial charge in [-0.1, -0.05) is 61.9 Å². The minimum Gasteiger partial charge on any atom is -0.507 e. The Bertz CT molecular complexity index is 925. The van der Waals surface area contributed by atoms with Crippen molar-refractivity contribution < 1.29 is 14.6 Å². The SMILES string of the molecule is COC(=O)c1cc(CCCC[C@H](C)c2cccc3ccccc23)ccc1O. The predicted molar refractivity (Wildman–Crippen MR) is 109 cm³/mol. The molecule has 0 saturated carbocycles. The molecule has 0 radical (unpaired) electrons. The summed E-state index contributed by atoms with van der Waals surface area (Å²) >= 11 is 0. The molecule has 0 spiro atoms. The minimum atomic E-state index is -0.501. The Morgan fingerprint density at radius 2 is 1.81 bits per heavy atom. The van der Waals surface area contributed by atoms with Gasteiger partial charge in [-0.15, -0.1) is 0 Å². The van der Waals surface area contributed by atoms with Gasteiger partial charge < -0.3 is 9.84 Å². The molecule has 0 bridgehead atoms. The number of rotatable bonds is 7. The summed E-state index contributed by atoms with van der Waals surface area (Å²) in [6, 6.07) is 20.2. The number of aryl methyl sites for hydroxylation is 1. The van der Waals surface area contributed by atoms with Gasteiger partial charge in [-0.3, -0.25) is 0 Å². The molecule has 3 aromatic carbocycles. The number of hydrogen-bond donors (Lipinski definition) is 1. The number of benzene rings is 3. The number of ether oxygens (including phenoxy) is 1. The lowest BCUT2D eigenvalue weighted by molar-refractivity contribution is 0.0597. The zero-order valence-corrected chi connectivity index (χ0v) is 15.9. The Balaban J connectivity index is 1.58. The monoisotopic (exact) mass is 362 g/mol. The van der Waals surface area contributed by atoms with E-state index in [2.05, 4.69) is 49.4 Å². The molecule has 3 heteroatoms. The maximum atomic E-state index is 11.7. The Morgan fingerprint density at radius 1 is 1.04 bits per heavy atom. The third kappa shape index (κ3) is 4.48. The molecule has 0 unspecified atom stereocenters. The Morgan fingerprint density at radius 3 is 2.63 bits per heavy atom. The van der Waals surface area contributed by atoms with Crippen LogP contribution in [0, 0.1) is 0 Å². The average molecular weight is 362 g/mol. The first-order chi connectivity index (χ1) is 13.1. The summed E-state index contributed by atoms with van der Waals surface area (Å²) < 4.78 is 4.71. The Hall–Kier alpha value is -2.81. The fraction of sp³-hybridized carbons (Fsp3) is 0.292. The second kappa shape index (κ2) is 8.72. The van der Waals surface area contributed by atoms with Crippen LogP contribution in [-0.2, 0) is 11.2 Å². The van der Waals surface area contributed by atoms with Crippen molar-refractivity contribution in [1.82, 2.24) is 0 Å². The van der Waals surface area contributed by atoms with Crippen LogP contribution in [0.15, 0.2) is 60.7 Å². The molecule has 0 aromatic heterocycles. The molecule has 0 amide bonds. The van der Waals surface area contributed by atoms with Crippen LogP contribution in [0.4, 0.5) is 0 Å². The molecule has 0 aliphatic rings. The number of fused-ring (bicyclic) bond motifs is 1. The first kappa shape index (κ1) is 19.0. The molecule has 3 rings (SSSR count). The number of aromatic hydroxyl groups is 1. The van der Waals surface area contributed by atoms with Gasteiger partial charge in [0.05, 0.1) is 7.11 Å². The van der Waals surface area contributed by atoms with Crippen LogP contribution in [0.3, 0.4) is 0 Å². The molecular formula is C24H26O3. The normalized spacial score (nSPS) is 12.1. The van der Waals surface area contributed by atoms with Gasteiger partial charge in [-0.05, 0) is 59.2 Å². The van der Waals surface area contributed by atoms with Crippen LogP contribution in [0.2, 0.25) is 0 Å². The van der Waals surface area contributed by atoms with Crippen molar-refractivity contribution in [3.8, 4) is 5.75 Å². The third-order valence-corrected chi connectivity index (χ3v) is 5.17. The highest BCUT2D eigenvalue weighted by molar-refractivity contribution is 5.92. The fourth-order valence-electron chi connectivity index (χ4n) is 3.63. The van der Waals surface area contributed by atoms with Gasteiger partial charge in [0.25, 0.3) is 0 Å². The van der Waals surface area contributed by atoms with Crippen LogP contribution < -0.4 is 0 Å². The highest BCUT2D eigenvalue weighted by atomic mass is 16.5. The summed E-state index contributed by atoms with van der Waals surface area (Å²) in [5.41, 5.74) is 2.69. The van der Waals surface area contributed by atoms with Crippen molar-refractivity contribution >= 4 is 16.7 Å². The van der Waals surface area contributed by atoms with Gasteiger partial charge in [0.2, 0.25) is 0 Å². The number of esters is 1. The van der Waals surface area contributed by atoms with E-state index in [0.29, 0.717) is 5.92 Å². The lowest BCUT2D eigenvalue weighted by Crippen LogP contribution is -2.02. The van der Waals surface area contributed by atoms with E-state index in [1.54, 1.807) is 12.1 Å². The molecule has 140 valence electrons. The van der Waals surface area contributed by atoms with Gasteiger partial charge >= 0.3 is 5.97 Å². The van der Waals surface area contributed by atoms with E-state index < -0.39 is 5.97 Å². The van der Waals surface area contributed by atoms with E-state index in [9.17, 15) is 9.90 Å². The van der Waals surface area contributed by atoms with E-state index in [0.717, 1.165) is 31.2 Å². The first-order valence-electron chi connectivity index (χ1n) is 9.48. The summed E-state index contributed by atoms with van der Waals surface area (Å²) in [4.78, 5) is 11.7. The number of phenols is 1. The topological polar surface area (TPSA) is 46.5 Å². The van der Waals surface area contributed by atoms with Gasteiger partial charge in [0, 0.05) is 0 Å². The molecule has 1 N–H and O–H groups in total. The van der Waals surface area contributed by atoms with E-state index in [-0.39, 0.29) is 11.3 Å². The van der Waals surface area contributed by atoms with Crippen molar-refractivity contribution in [1.29, 1.82) is 0 Å². The molecule has 27 heavy (non-hydrogen) atoms. The summed E-state index contributed by atoms with van der Waals surface area (Å²) in [6.45, 7) is 2.29. The highest BCUT2D eigenvalue weighted by Gasteiger charge is 2.12. The van der Waals surface area contributed by atoms with Crippen LogP contribution in [0.1, 0.15) is 53.6 Å². The summed E-state index contributed by atoms with van der Waals surface area (Å²) in [6.07, 6.45) is 4.15. The molecule has 0 fully saturated rings. The zero-order valence-electron chi connectivity index (χ0n) is 15.9. The summed E-state index contributed by atoms with van der Waals surface area (Å²) in [7, 11) is 1.32. The maximum absolute atomic E-state index is 11.7. The van der Waals surface area contributed by atoms with Crippen LogP contribution in [-0.4, -0.2) is 18.2 Å². The second-order valence-corrected chi connectivity index (χ2v) is 7.06. The molecule has 3 aromatic rings. The van der Waals surface area contributed by atoms with E-state index in [1.165, 1.54) is 23.4 Å². The molecule has 0 saturated heterocycles. The average Bonchev–Trinajstić information content (AvgIpc) is 2.71. The highest BCUT2D eigenvalue weighted by Crippen LogP contribution is 2.29. The largest absolute Gasteiger partial charge is 0.507 e. The van der Waals surface area contributed by atoms with E-state index >= 15 is 0 Å². The van der Waals surface area contributed by atoms with Gasteiger partial charge in [0.1, 0.15) is 11.3 Å². The summed E-state index contributed by atoms with van der Waals surface area (Å²) in [5, 5.41) is 12.4. The summed E-state index contributed by atoms with van der Waals surface area (Å²) in [5.74, 6) is -0.0318. The number of phenolic OH excluding ortho intramolecular Hbond substituents is 1. The lowest BCUT2D eigenvalue weighted by atomic mass is 9.90. The van der Waals surface area contributed by atoms with E-state index in [4.69, 9.17) is 4.74 Å². The standard InChI is InChI=1S/C24H26O3/c1-17(20-13-7-11-19-10-5-6-12-21(19)20)8-3-4-9-18-14-15-23(25)22(16-18)24(26)27-2/h5-7,10-17,25H,3-4,8-9H2,1-2H3/t17-/m0/s1. The minimum absolute atomic E-state index is 0.0322. The first-order valence-corrected chi connectivity index (χ1v) is 9.48. The number of methoxy groups -OCH3 is 1. The van der Waals surface area contributed by atoms with Crippen molar-refractivity contribution in [3.05, 3.63) is 77.4 Å². The quantitative estimate of drug-likeness (QED) is 0.424. The third-order valence-electron chi connectivity index (χ3n) is 5.17. The second-order valence-electron chi connectivity index (χ2n) is 7.06. The Labute approximate surface area is 160 Å². The van der Waals surface area contributed by atoms with Crippen LogP contribution in [0.5, 0.6) is 5.75 Å². The molecule has 0 heterocycles. The van der Waals surface area contributed by atoms with Crippen molar-refractivity contribution in [3.63, 3.8) is 0 Å². The number of carbonyl (C=O) groups is 1. The molecule has 1 atom stereocenters. The van der Waals surface area contributed by atoms with Crippen molar-refractivity contribution in [2.24, 2.45) is 0 Å². The van der Waals surface area contributed by atoms with Crippen LogP contribution >= 0.6 is 0 Å². The lowest BCUT2D eigenvalue weighted by Gasteiger charge is -2.15. The van der Waals surface area contributed by atoms with Gasteiger partial charge in [-0.2, -0.15) is 0 Å². The molecule has 0 aliphatic heterocycles. The zero-order chi connectivity index (χ0) is 19.2. The number of hydrogen-bond acceptors (Lipinski definition) is 3. The molecular weight excluding hydrogens is 336 g/mol. The molecule has 0 aliphatic carbocycles.